The predicted octanol–water partition coefficient (Wildman–Crippen LogP) is 2.00. The van der Waals surface area contributed by atoms with Gasteiger partial charge in [0.05, 0.1) is 13.7 Å². The first-order valence-corrected chi connectivity index (χ1v) is 6.05. The molecule has 0 heterocycles. The zero-order chi connectivity index (χ0) is 13.1. The van der Waals surface area contributed by atoms with Crippen molar-refractivity contribution >= 4 is 11.8 Å². The molecule has 0 N–H and O–H groups in total. The molecule has 1 unspecified atom stereocenters. The molecule has 0 spiro atoms. The summed E-state index contributed by atoms with van der Waals surface area (Å²) in [4.78, 5) is 23.9. The van der Waals surface area contributed by atoms with E-state index in [9.17, 15) is 9.59 Å². The molecule has 1 aromatic rings. The summed E-state index contributed by atoms with van der Waals surface area (Å²) in [6.07, 6.45) is 1.24. The van der Waals surface area contributed by atoms with Crippen LogP contribution in [0, 0.1) is 5.92 Å². The minimum absolute atomic E-state index is 0.159. The molecule has 1 aliphatic rings. The topological polar surface area (TPSA) is 52.6 Å². The summed E-state index contributed by atoms with van der Waals surface area (Å²) >= 11 is 0. The minimum Gasteiger partial charge on any atom is -0.497 e. The number of aryl methyl sites for hydroxylation is 1. The Bertz CT molecular complexity index is 479. The number of methoxy groups -OCH3 is 1. The fourth-order valence-electron chi connectivity index (χ4n) is 2.22. The van der Waals surface area contributed by atoms with Gasteiger partial charge in [-0.15, -0.1) is 0 Å². The van der Waals surface area contributed by atoms with E-state index in [1.54, 1.807) is 20.1 Å². The van der Waals surface area contributed by atoms with Crippen molar-refractivity contribution < 1.29 is 19.1 Å². The molecule has 96 valence electrons. The molecular weight excluding hydrogens is 232 g/mol. The van der Waals surface area contributed by atoms with Gasteiger partial charge in [-0.2, -0.15) is 0 Å². The molecule has 0 aliphatic heterocycles. The van der Waals surface area contributed by atoms with Crippen molar-refractivity contribution in [1.29, 1.82) is 0 Å². The molecule has 1 aromatic carbocycles. The predicted molar refractivity (Wildman–Crippen MR) is 65.8 cm³/mol. The lowest BCUT2D eigenvalue weighted by Gasteiger charge is -2.22. The number of ketones is 1. The van der Waals surface area contributed by atoms with Gasteiger partial charge in [0, 0.05) is 5.56 Å². The smallest absolute Gasteiger partial charge is 0.316 e. The van der Waals surface area contributed by atoms with Crippen LogP contribution in [-0.2, 0) is 16.0 Å². The van der Waals surface area contributed by atoms with Crippen LogP contribution in [0.1, 0.15) is 29.3 Å². The van der Waals surface area contributed by atoms with E-state index in [2.05, 4.69) is 0 Å². The summed E-state index contributed by atoms with van der Waals surface area (Å²) in [5.41, 5.74) is 1.56. The average Bonchev–Trinajstić information content (AvgIpc) is 2.39. The molecule has 18 heavy (non-hydrogen) atoms. The molecule has 0 amide bonds. The Hall–Kier alpha value is -1.84. The van der Waals surface area contributed by atoms with Crippen molar-refractivity contribution in [2.24, 2.45) is 5.92 Å². The van der Waals surface area contributed by atoms with Crippen molar-refractivity contribution in [3.05, 3.63) is 29.3 Å². The monoisotopic (exact) mass is 248 g/mol. The molecule has 1 atom stereocenters. The van der Waals surface area contributed by atoms with E-state index in [0.717, 1.165) is 5.56 Å². The molecule has 4 heteroatoms. The quantitative estimate of drug-likeness (QED) is 0.606. The maximum Gasteiger partial charge on any atom is 0.316 e. The molecular formula is C14H16O4. The Morgan fingerprint density at radius 2 is 2.22 bits per heavy atom. The number of benzene rings is 1. The zero-order valence-corrected chi connectivity index (χ0v) is 10.6. The molecule has 2 rings (SSSR count). The fourth-order valence-corrected chi connectivity index (χ4v) is 2.22. The van der Waals surface area contributed by atoms with Crippen molar-refractivity contribution in [1.82, 2.24) is 0 Å². The first-order chi connectivity index (χ1) is 8.67. The van der Waals surface area contributed by atoms with E-state index < -0.39 is 11.9 Å². The number of carbonyl (C=O) groups excluding carboxylic acids is 2. The summed E-state index contributed by atoms with van der Waals surface area (Å²) in [7, 11) is 1.55. The number of hydrogen-bond donors (Lipinski definition) is 0. The highest BCUT2D eigenvalue weighted by Gasteiger charge is 2.33. The van der Waals surface area contributed by atoms with Gasteiger partial charge >= 0.3 is 5.97 Å². The van der Waals surface area contributed by atoms with Crippen molar-refractivity contribution in [3.63, 3.8) is 0 Å². The van der Waals surface area contributed by atoms with Crippen LogP contribution < -0.4 is 4.74 Å². The SMILES string of the molecule is CCOC(=O)C1CCc2ccc(OC)cc2C1=O. The van der Waals surface area contributed by atoms with Crippen molar-refractivity contribution in [2.75, 3.05) is 13.7 Å². The van der Waals surface area contributed by atoms with Crippen molar-refractivity contribution in [2.45, 2.75) is 19.8 Å². The molecule has 0 saturated carbocycles. The second kappa shape index (κ2) is 5.21. The van der Waals surface area contributed by atoms with Crippen LogP contribution in [0.3, 0.4) is 0 Å². The van der Waals surface area contributed by atoms with E-state index in [1.807, 2.05) is 12.1 Å². The van der Waals surface area contributed by atoms with Crippen molar-refractivity contribution in [3.8, 4) is 5.75 Å². The number of ether oxygens (including phenoxy) is 2. The Kier molecular flexibility index (Phi) is 3.65. The van der Waals surface area contributed by atoms with Crippen LogP contribution in [0.4, 0.5) is 0 Å². The maximum atomic E-state index is 12.2. The van der Waals surface area contributed by atoms with E-state index in [1.165, 1.54) is 0 Å². The third-order valence-corrected chi connectivity index (χ3v) is 3.17. The normalized spacial score (nSPS) is 18.1. The highest BCUT2D eigenvalue weighted by atomic mass is 16.5. The molecule has 4 nitrogen and oxygen atoms in total. The largest absolute Gasteiger partial charge is 0.497 e. The molecule has 0 bridgehead atoms. The van der Waals surface area contributed by atoms with Gasteiger partial charge < -0.3 is 9.47 Å². The molecule has 1 aliphatic carbocycles. The van der Waals surface area contributed by atoms with Gasteiger partial charge in [0.2, 0.25) is 0 Å². The maximum absolute atomic E-state index is 12.2. The van der Waals surface area contributed by atoms with Crippen LogP contribution in [0.5, 0.6) is 5.75 Å². The van der Waals surface area contributed by atoms with Crippen LogP contribution >= 0.6 is 0 Å². The van der Waals surface area contributed by atoms with Crippen LogP contribution in [-0.4, -0.2) is 25.5 Å². The summed E-state index contributed by atoms with van der Waals surface area (Å²) in [6, 6.07) is 5.41. The number of rotatable bonds is 3. The summed E-state index contributed by atoms with van der Waals surface area (Å²) < 4.78 is 10.0. The summed E-state index contributed by atoms with van der Waals surface area (Å²) in [6.45, 7) is 2.04. The molecule has 0 saturated heterocycles. The first-order valence-electron chi connectivity index (χ1n) is 6.05. The van der Waals surface area contributed by atoms with Gasteiger partial charge in [-0.3, -0.25) is 9.59 Å². The van der Waals surface area contributed by atoms with Gasteiger partial charge in [-0.1, -0.05) is 6.07 Å². The number of fused-ring (bicyclic) bond motifs is 1. The fraction of sp³-hybridized carbons (Fsp3) is 0.429. The lowest BCUT2D eigenvalue weighted by molar-refractivity contribution is -0.146. The second-order valence-electron chi connectivity index (χ2n) is 4.23. The van der Waals surface area contributed by atoms with Gasteiger partial charge in [0.15, 0.2) is 5.78 Å². The third-order valence-electron chi connectivity index (χ3n) is 3.17. The summed E-state index contributed by atoms with van der Waals surface area (Å²) in [5, 5.41) is 0. The number of esters is 1. The van der Waals surface area contributed by atoms with E-state index in [4.69, 9.17) is 9.47 Å². The van der Waals surface area contributed by atoms with Crippen LogP contribution in [0.15, 0.2) is 18.2 Å². The number of carbonyl (C=O) groups is 2. The molecule has 0 fully saturated rings. The standard InChI is InChI=1S/C14H16O4/c1-3-18-14(16)11-7-5-9-4-6-10(17-2)8-12(9)13(11)15/h4,6,8,11H,3,5,7H2,1-2H3. The molecule has 0 aromatic heterocycles. The zero-order valence-electron chi connectivity index (χ0n) is 10.6. The van der Waals surface area contributed by atoms with Gasteiger partial charge in [0.25, 0.3) is 0 Å². The number of hydrogen-bond acceptors (Lipinski definition) is 4. The van der Waals surface area contributed by atoms with E-state index in [0.29, 0.717) is 30.8 Å². The minimum atomic E-state index is -0.662. The highest BCUT2D eigenvalue weighted by molar-refractivity contribution is 6.10. The van der Waals surface area contributed by atoms with Crippen LogP contribution in [0.2, 0.25) is 0 Å². The van der Waals surface area contributed by atoms with E-state index in [-0.39, 0.29) is 5.78 Å². The second-order valence-corrected chi connectivity index (χ2v) is 4.23. The van der Waals surface area contributed by atoms with Crippen LogP contribution in [0.25, 0.3) is 0 Å². The Morgan fingerprint density at radius 3 is 2.89 bits per heavy atom. The summed E-state index contributed by atoms with van der Waals surface area (Å²) in [5.74, 6) is -0.610. The Morgan fingerprint density at radius 1 is 1.44 bits per heavy atom. The molecule has 0 radical (unpaired) electrons. The Labute approximate surface area is 106 Å². The lowest BCUT2D eigenvalue weighted by atomic mass is 9.82. The van der Waals surface area contributed by atoms with E-state index >= 15 is 0 Å². The number of Topliss-reactive ketones (excluding diaryl/α,β-unsaturated/α-hetero) is 1. The third kappa shape index (κ3) is 2.23. The van der Waals surface area contributed by atoms with Gasteiger partial charge in [0.1, 0.15) is 11.7 Å². The lowest BCUT2D eigenvalue weighted by Crippen LogP contribution is -2.31. The highest BCUT2D eigenvalue weighted by Crippen LogP contribution is 2.29. The van der Waals surface area contributed by atoms with Gasteiger partial charge in [-0.05, 0) is 37.5 Å². The average molecular weight is 248 g/mol. The Balaban J connectivity index is 2.29. The van der Waals surface area contributed by atoms with Gasteiger partial charge in [-0.25, -0.2) is 0 Å². The first kappa shape index (κ1) is 12.6.